The van der Waals surface area contributed by atoms with Gasteiger partial charge in [-0.25, -0.2) is 0 Å². The highest BCUT2D eigenvalue weighted by Crippen LogP contribution is 2.14. The fourth-order valence-electron chi connectivity index (χ4n) is 2.03. The van der Waals surface area contributed by atoms with Crippen LogP contribution in [0.15, 0.2) is 54.6 Å². The van der Waals surface area contributed by atoms with Crippen molar-refractivity contribution in [3.8, 4) is 5.75 Å². The van der Waals surface area contributed by atoms with E-state index >= 15 is 0 Å². The molecule has 0 atom stereocenters. The second-order valence-corrected chi connectivity index (χ2v) is 6.95. The molecular formula is C18H22O5S. The summed E-state index contributed by atoms with van der Waals surface area (Å²) >= 11 is 0. The Kier molecular flexibility index (Phi) is 7.24. The number of hydrogen-bond acceptors (Lipinski definition) is 5. The molecule has 24 heavy (non-hydrogen) atoms. The second-order valence-electron chi connectivity index (χ2n) is 5.31. The zero-order valence-electron chi connectivity index (χ0n) is 13.7. The summed E-state index contributed by atoms with van der Waals surface area (Å²) in [6, 6.07) is 17.9. The van der Waals surface area contributed by atoms with Crippen molar-refractivity contribution in [2.24, 2.45) is 0 Å². The van der Waals surface area contributed by atoms with Gasteiger partial charge in [0.15, 0.2) is 0 Å². The molecular weight excluding hydrogens is 328 g/mol. The zero-order chi connectivity index (χ0) is 17.3. The molecule has 0 radical (unpaired) electrons. The summed E-state index contributed by atoms with van der Waals surface area (Å²) in [4.78, 5) is 0. The molecule has 0 heterocycles. The average Bonchev–Trinajstić information content (AvgIpc) is 2.57. The topological polar surface area (TPSA) is 61.8 Å². The van der Waals surface area contributed by atoms with Gasteiger partial charge in [-0.2, -0.15) is 8.42 Å². The van der Waals surface area contributed by atoms with Gasteiger partial charge < -0.3 is 9.47 Å². The minimum absolute atomic E-state index is 0.0467. The van der Waals surface area contributed by atoms with Crippen molar-refractivity contribution in [1.82, 2.24) is 0 Å². The molecule has 5 nitrogen and oxygen atoms in total. The number of ether oxygens (including phenoxy) is 2. The first-order chi connectivity index (χ1) is 11.5. The lowest BCUT2D eigenvalue weighted by atomic mass is 10.1. The van der Waals surface area contributed by atoms with Crippen molar-refractivity contribution in [3.63, 3.8) is 0 Å². The Morgan fingerprint density at radius 1 is 0.833 bits per heavy atom. The summed E-state index contributed by atoms with van der Waals surface area (Å²) in [7, 11) is -3.39. The molecule has 0 aliphatic rings. The van der Waals surface area contributed by atoms with E-state index in [2.05, 4.69) is 4.18 Å². The highest BCUT2D eigenvalue weighted by atomic mass is 32.2. The Balaban J connectivity index is 1.65. The Morgan fingerprint density at radius 3 is 2.21 bits per heavy atom. The van der Waals surface area contributed by atoms with E-state index in [9.17, 15) is 8.42 Å². The highest BCUT2D eigenvalue weighted by molar-refractivity contribution is 7.85. The maximum atomic E-state index is 10.8. The van der Waals surface area contributed by atoms with Crippen molar-refractivity contribution >= 4 is 10.1 Å². The van der Waals surface area contributed by atoms with E-state index in [1.165, 1.54) is 0 Å². The molecule has 0 aliphatic heterocycles. The fourth-order valence-corrected chi connectivity index (χ4v) is 2.40. The molecule has 2 aromatic carbocycles. The highest BCUT2D eigenvalue weighted by Gasteiger charge is 2.01. The van der Waals surface area contributed by atoms with E-state index in [0.29, 0.717) is 13.2 Å². The molecule has 0 N–H and O–H groups in total. The van der Waals surface area contributed by atoms with Crippen LogP contribution in [0, 0.1) is 0 Å². The SMILES string of the molecule is CS(=O)(=O)OCCOCCc1ccc(OCc2ccccc2)cc1. The molecule has 6 heteroatoms. The molecule has 2 rings (SSSR count). The Bertz CT molecular complexity index is 696. The van der Waals surface area contributed by atoms with E-state index in [1.54, 1.807) is 0 Å². The van der Waals surface area contributed by atoms with Crippen LogP contribution >= 0.6 is 0 Å². The van der Waals surface area contributed by atoms with E-state index in [1.807, 2.05) is 54.6 Å². The van der Waals surface area contributed by atoms with Crippen molar-refractivity contribution in [1.29, 1.82) is 0 Å². The molecule has 0 unspecified atom stereocenters. The first-order valence-electron chi connectivity index (χ1n) is 7.71. The zero-order valence-corrected chi connectivity index (χ0v) is 14.5. The van der Waals surface area contributed by atoms with Crippen LogP contribution in [0.2, 0.25) is 0 Å². The average molecular weight is 350 g/mol. The van der Waals surface area contributed by atoms with Crippen LogP contribution in [0.5, 0.6) is 5.75 Å². The molecule has 0 aromatic heterocycles. The van der Waals surface area contributed by atoms with Gasteiger partial charge in [-0.15, -0.1) is 0 Å². The van der Waals surface area contributed by atoms with Gasteiger partial charge in [0.1, 0.15) is 12.4 Å². The first kappa shape index (κ1) is 18.4. The third-order valence-corrected chi connectivity index (χ3v) is 3.83. The third kappa shape index (κ3) is 7.59. The van der Waals surface area contributed by atoms with Gasteiger partial charge in [0.25, 0.3) is 10.1 Å². The Labute approximate surface area is 143 Å². The monoisotopic (exact) mass is 350 g/mol. The third-order valence-electron chi connectivity index (χ3n) is 3.23. The summed E-state index contributed by atoms with van der Waals surface area (Å²) in [5, 5.41) is 0. The van der Waals surface area contributed by atoms with Gasteiger partial charge in [-0.3, -0.25) is 4.18 Å². The van der Waals surface area contributed by atoms with Crippen molar-refractivity contribution in [2.45, 2.75) is 13.0 Å². The molecule has 0 spiro atoms. The molecule has 0 saturated heterocycles. The van der Waals surface area contributed by atoms with E-state index in [0.717, 1.165) is 29.6 Å². The Morgan fingerprint density at radius 2 is 1.54 bits per heavy atom. The number of hydrogen-bond donors (Lipinski definition) is 0. The summed E-state index contributed by atoms with van der Waals surface area (Å²) in [5.41, 5.74) is 2.26. The largest absolute Gasteiger partial charge is 0.489 e. The quantitative estimate of drug-likeness (QED) is 0.487. The van der Waals surface area contributed by atoms with Crippen LogP contribution in [0.3, 0.4) is 0 Å². The number of benzene rings is 2. The van der Waals surface area contributed by atoms with E-state index in [4.69, 9.17) is 9.47 Å². The van der Waals surface area contributed by atoms with E-state index in [-0.39, 0.29) is 13.2 Å². The second kappa shape index (κ2) is 9.42. The molecule has 0 saturated carbocycles. The molecule has 0 amide bonds. The Hall–Kier alpha value is -1.89. The van der Waals surface area contributed by atoms with Crippen LogP contribution in [0.4, 0.5) is 0 Å². The van der Waals surface area contributed by atoms with Crippen molar-refractivity contribution in [2.75, 3.05) is 26.1 Å². The minimum atomic E-state index is -3.39. The minimum Gasteiger partial charge on any atom is -0.489 e. The molecule has 0 fully saturated rings. The molecule has 130 valence electrons. The van der Waals surface area contributed by atoms with Gasteiger partial charge in [0.05, 0.1) is 26.1 Å². The van der Waals surface area contributed by atoms with Gasteiger partial charge >= 0.3 is 0 Å². The summed E-state index contributed by atoms with van der Waals surface area (Å²) in [6.45, 7) is 1.36. The normalized spacial score (nSPS) is 11.4. The van der Waals surface area contributed by atoms with Crippen molar-refractivity contribution < 1.29 is 22.1 Å². The van der Waals surface area contributed by atoms with E-state index < -0.39 is 10.1 Å². The summed E-state index contributed by atoms with van der Waals surface area (Å²) in [6.07, 6.45) is 1.77. The predicted molar refractivity (Wildman–Crippen MR) is 92.5 cm³/mol. The molecule has 2 aromatic rings. The smallest absolute Gasteiger partial charge is 0.264 e. The van der Waals surface area contributed by atoms with Crippen LogP contribution in [0.1, 0.15) is 11.1 Å². The lowest BCUT2D eigenvalue weighted by molar-refractivity contribution is 0.105. The lowest BCUT2D eigenvalue weighted by Gasteiger charge is -2.08. The maximum absolute atomic E-state index is 10.8. The fraction of sp³-hybridized carbons (Fsp3) is 0.333. The van der Waals surface area contributed by atoms with Crippen LogP contribution in [-0.2, 0) is 32.1 Å². The molecule has 0 bridgehead atoms. The predicted octanol–water partition coefficient (Wildman–Crippen LogP) is 2.80. The van der Waals surface area contributed by atoms with Gasteiger partial charge in [-0.1, -0.05) is 42.5 Å². The standard InChI is InChI=1S/C18H22O5S/c1-24(19,20)23-14-13-21-12-11-16-7-9-18(10-8-16)22-15-17-5-3-2-4-6-17/h2-10H,11-15H2,1H3. The maximum Gasteiger partial charge on any atom is 0.264 e. The van der Waals surface area contributed by atoms with Crippen LogP contribution < -0.4 is 4.74 Å². The van der Waals surface area contributed by atoms with Crippen molar-refractivity contribution in [3.05, 3.63) is 65.7 Å². The lowest BCUT2D eigenvalue weighted by Crippen LogP contribution is -2.10. The number of rotatable bonds is 10. The summed E-state index contributed by atoms with van der Waals surface area (Å²) < 4.78 is 37.2. The van der Waals surface area contributed by atoms with Gasteiger partial charge in [0.2, 0.25) is 0 Å². The van der Waals surface area contributed by atoms with Crippen LogP contribution in [-0.4, -0.2) is 34.5 Å². The first-order valence-corrected chi connectivity index (χ1v) is 9.52. The van der Waals surface area contributed by atoms with Gasteiger partial charge in [-0.05, 0) is 29.7 Å². The van der Waals surface area contributed by atoms with Crippen LogP contribution in [0.25, 0.3) is 0 Å². The van der Waals surface area contributed by atoms with Gasteiger partial charge in [0, 0.05) is 0 Å². The molecule has 0 aliphatic carbocycles. The summed E-state index contributed by atoms with van der Waals surface area (Å²) in [5.74, 6) is 0.824.